The predicted octanol–water partition coefficient (Wildman–Crippen LogP) is 0.617. The number of nitrogens with one attached hydrogen (secondary N) is 1. The highest BCUT2D eigenvalue weighted by molar-refractivity contribution is 6.23. The Kier molecular flexibility index (Phi) is 2.56. The summed E-state index contributed by atoms with van der Waals surface area (Å²) < 4.78 is 0. The Bertz CT molecular complexity index is 521. The highest BCUT2D eigenvalue weighted by Gasteiger charge is 2.38. The monoisotopic (exact) mass is 245 g/mol. The lowest BCUT2D eigenvalue weighted by Crippen LogP contribution is -2.40. The van der Waals surface area contributed by atoms with Crippen molar-refractivity contribution in [2.24, 2.45) is 0 Å². The summed E-state index contributed by atoms with van der Waals surface area (Å²) in [6.45, 7) is 1.39. The molecule has 2 amide bonds. The van der Waals surface area contributed by atoms with E-state index in [4.69, 9.17) is 5.73 Å². The molecule has 18 heavy (non-hydrogen) atoms. The maximum absolute atomic E-state index is 12.2. The van der Waals surface area contributed by atoms with Gasteiger partial charge in [-0.3, -0.25) is 14.5 Å². The molecule has 3 N–H and O–H groups in total. The van der Waals surface area contributed by atoms with Crippen LogP contribution in [0.4, 0.5) is 5.69 Å². The topological polar surface area (TPSA) is 75.4 Å². The van der Waals surface area contributed by atoms with Crippen LogP contribution in [0.1, 0.15) is 33.6 Å². The van der Waals surface area contributed by atoms with Crippen LogP contribution in [0.25, 0.3) is 0 Å². The number of benzene rings is 1. The molecule has 0 radical (unpaired) electrons. The molecule has 0 aliphatic carbocycles. The van der Waals surface area contributed by atoms with Crippen molar-refractivity contribution in [3.63, 3.8) is 0 Å². The van der Waals surface area contributed by atoms with Gasteiger partial charge in [-0.2, -0.15) is 0 Å². The molecule has 5 nitrogen and oxygen atoms in total. The van der Waals surface area contributed by atoms with Crippen molar-refractivity contribution in [2.45, 2.75) is 18.9 Å². The first-order valence-electron chi connectivity index (χ1n) is 6.16. The van der Waals surface area contributed by atoms with E-state index < -0.39 is 0 Å². The third kappa shape index (κ3) is 1.59. The molecular formula is C13H15N3O2. The van der Waals surface area contributed by atoms with Crippen LogP contribution in [0, 0.1) is 0 Å². The maximum atomic E-state index is 12.2. The van der Waals surface area contributed by atoms with Crippen molar-refractivity contribution in [1.82, 2.24) is 10.2 Å². The minimum atomic E-state index is -0.262. The second kappa shape index (κ2) is 4.10. The number of carbonyl (C=O) groups excluding carboxylic acids is 2. The van der Waals surface area contributed by atoms with Crippen LogP contribution in [-0.2, 0) is 0 Å². The number of rotatable bonds is 2. The van der Waals surface area contributed by atoms with Gasteiger partial charge in [0, 0.05) is 18.3 Å². The number of nitrogens with zero attached hydrogens (tertiary/aromatic N) is 1. The van der Waals surface area contributed by atoms with E-state index in [1.165, 1.54) is 4.90 Å². The van der Waals surface area contributed by atoms with E-state index in [0.29, 0.717) is 23.4 Å². The van der Waals surface area contributed by atoms with Gasteiger partial charge >= 0.3 is 0 Å². The number of imide groups is 1. The molecule has 94 valence electrons. The second-order valence-corrected chi connectivity index (χ2v) is 4.78. The van der Waals surface area contributed by atoms with Crippen LogP contribution in [0.5, 0.6) is 0 Å². The summed E-state index contributed by atoms with van der Waals surface area (Å²) in [6, 6.07) is 5.24. The number of carbonyl (C=O) groups is 2. The lowest BCUT2D eigenvalue weighted by molar-refractivity contribution is 0.0642. The standard InChI is InChI=1S/C13H15N3O2/c14-10-5-1-4-9-11(10)13(18)16(12(9)17)7-8-3-2-6-15-8/h1,4-5,8,15H,2-3,6-7,14H2. The van der Waals surface area contributed by atoms with E-state index in [9.17, 15) is 9.59 Å². The van der Waals surface area contributed by atoms with Crippen LogP contribution in [0.15, 0.2) is 18.2 Å². The van der Waals surface area contributed by atoms with Crippen molar-refractivity contribution in [1.29, 1.82) is 0 Å². The molecule has 0 bridgehead atoms. The molecule has 1 saturated heterocycles. The average molecular weight is 245 g/mol. The molecule has 0 spiro atoms. The Balaban J connectivity index is 1.89. The van der Waals surface area contributed by atoms with Gasteiger partial charge < -0.3 is 11.1 Å². The summed E-state index contributed by atoms with van der Waals surface area (Å²) in [7, 11) is 0. The lowest BCUT2D eigenvalue weighted by atomic mass is 10.1. The van der Waals surface area contributed by atoms with Crippen LogP contribution in [-0.4, -0.2) is 35.8 Å². The first-order valence-corrected chi connectivity index (χ1v) is 6.16. The highest BCUT2D eigenvalue weighted by Crippen LogP contribution is 2.28. The largest absolute Gasteiger partial charge is 0.398 e. The molecule has 3 rings (SSSR count). The molecule has 1 aromatic rings. The quantitative estimate of drug-likeness (QED) is 0.591. The van der Waals surface area contributed by atoms with Crippen LogP contribution in [0.3, 0.4) is 0 Å². The molecule has 2 aliphatic rings. The number of hydrogen-bond donors (Lipinski definition) is 2. The Morgan fingerprint density at radius 3 is 2.83 bits per heavy atom. The predicted molar refractivity (Wildman–Crippen MR) is 67.2 cm³/mol. The molecule has 1 unspecified atom stereocenters. The number of anilines is 1. The van der Waals surface area contributed by atoms with Gasteiger partial charge in [0.2, 0.25) is 0 Å². The van der Waals surface area contributed by atoms with Crippen molar-refractivity contribution in [3.8, 4) is 0 Å². The van der Waals surface area contributed by atoms with Crippen LogP contribution in [0.2, 0.25) is 0 Å². The Morgan fingerprint density at radius 2 is 2.17 bits per heavy atom. The number of nitrogens with two attached hydrogens (primary N) is 1. The third-order valence-electron chi connectivity index (χ3n) is 3.60. The van der Waals surface area contributed by atoms with Gasteiger partial charge in [0.1, 0.15) is 0 Å². The zero-order valence-corrected chi connectivity index (χ0v) is 9.98. The number of fused-ring (bicyclic) bond motifs is 1. The van der Waals surface area contributed by atoms with E-state index in [-0.39, 0.29) is 17.9 Å². The fourth-order valence-corrected chi connectivity index (χ4v) is 2.66. The minimum Gasteiger partial charge on any atom is -0.398 e. The zero-order chi connectivity index (χ0) is 12.7. The summed E-state index contributed by atoms with van der Waals surface area (Å²) in [5, 5.41) is 3.29. The SMILES string of the molecule is Nc1cccc2c1C(=O)N(CC1CCCN1)C2=O. The molecule has 2 aliphatic heterocycles. The second-order valence-electron chi connectivity index (χ2n) is 4.78. The molecule has 1 fully saturated rings. The van der Waals surface area contributed by atoms with Crippen molar-refractivity contribution in [3.05, 3.63) is 29.3 Å². The summed E-state index contributed by atoms with van der Waals surface area (Å²) in [5.74, 6) is -0.488. The highest BCUT2D eigenvalue weighted by atomic mass is 16.2. The summed E-state index contributed by atoms with van der Waals surface area (Å²) >= 11 is 0. The van der Waals surface area contributed by atoms with E-state index in [0.717, 1.165) is 19.4 Å². The molecule has 1 aromatic carbocycles. The summed E-state index contributed by atoms with van der Waals surface area (Å²) in [5.41, 5.74) is 6.95. The normalized spacial score (nSPS) is 22.7. The molecule has 0 aromatic heterocycles. The molecule has 0 saturated carbocycles. The molecule has 1 atom stereocenters. The van der Waals surface area contributed by atoms with Crippen LogP contribution >= 0.6 is 0 Å². The van der Waals surface area contributed by atoms with E-state index >= 15 is 0 Å². The Labute approximate surface area is 105 Å². The first-order chi connectivity index (χ1) is 8.68. The Hall–Kier alpha value is -1.88. The van der Waals surface area contributed by atoms with Crippen molar-refractivity contribution in [2.75, 3.05) is 18.8 Å². The van der Waals surface area contributed by atoms with Crippen molar-refractivity contribution >= 4 is 17.5 Å². The summed E-state index contributed by atoms with van der Waals surface area (Å²) in [6.07, 6.45) is 2.10. The molecular weight excluding hydrogens is 230 g/mol. The van der Waals surface area contributed by atoms with Gasteiger partial charge in [-0.15, -0.1) is 0 Å². The molecule has 5 heteroatoms. The van der Waals surface area contributed by atoms with Gasteiger partial charge in [0.15, 0.2) is 0 Å². The number of amides is 2. The van der Waals surface area contributed by atoms with E-state index in [1.807, 2.05) is 0 Å². The Morgan fingerprint density at radius 1 is 1.33 bits per heavy atom. The number of nitrogen functional groups attached to an aromatic ring is 1. The lowest BCUT2D eigenvalue weighted by Gasteiger charge is -2.18. The maximum Gasteiger partial charge on any atom is 0.263 e. The summed E-state index contributed by atoms with van der Waals surface area (Å²) in [4.78, 5) is 25.7. The van der Waals surface area contributed by atoms with Gasteiger partial charge in [-0.05, 0) is 31.5 Å². The van der Waals surface area contributed by atoms with E-state index in [1.54, 1.807) is 18.2 Å². The van der Waals surface area contributed by atoms with Gasteiger partial charge in [-0.1, -0.05) is 6.07 Å². The van der Waals surface area contributed by atoms with Gasteiger partial charge in [0.25, 0.3) is 11.8 Å². The van der Waals surface area contributed by atoms with Gasteiger partial charge in [-0.25, -0.2) is 0 Å². The fraction of sp³-hybridized carbons (Fsp3) is 0.385. The zero-order valence-electron chi connectivity index (χ0n) is 9.98. The van der Waals surface area contributed by atoms with E-state index in [2.05, 4.69) is 5.32 Å². The number of hydrogen-bond acceptors (Lipinski definition) is 4. The first kappa shape index (κ1) is 11.2. The average Bonchev–Trinajstić information content (AvgIpc) is 2.94. The van der Waals surface area contributed by atoms with Crippen LogP contribution < -0.4 is 11.1 Å². The fourth-order valence-electron chi connectivity index (χ4n) is 2.66. The van der Waals surface area contributed by atoms with Gasteiger partial charge in [0.05, 0.1) is 11.1 Å². The minimum absolute atomic E-state index is 0.216. The third-order valence-corrected chi connectivity index (χ3v) is 3.60. The molecule has 2 heterocycles. The van der Waals surface area contributed by atoms with Crippen molar-refractivity contribution < 1.29 is 9.59 Å². The smallest absolute Gasteiger partial charge is 0.263 e.